The number of carbonyl (C=O) groups is 1. The summed E-state index contributed by atoms with van der Waals surface area (Å²) in [6, 6.07) is 7.70. The van der Waals surface area contributed by atoms with Crippen LogP contribution in [0, 0.1) is 0 Å². The number of carbonyl (C=O) groups excluding carboxylic acids is 1. The number of nitrogens with two attached hydrogens (primary N) is 1. The van der Waals surface area contributed by atoms with Crippen LogP contribution in [0.3, 0.4) is 0 Å². The maximum atomic E-state index is 11.4. The van der Waals surface area contributed by atoms with Gasteiger partial charge in [-0.3, -0.25) is 4.79 Å². The lowest BCUT2D eigenvalue weighted by atomic mass is 10.1. The van der Waals surface area contributed by atoms with Crippen molar-refractivity contribution < 1.29 is 9.53 Å². The van der Waals surface area contributed by atoms with Crippen molar-refractivity contribution in [3.05, 3.63) is 29.8 Å². The Morgan fingerprint density at radius 1 is 1.39 bits per heavy atom. The molecule has 4 nitrogen and oxygen atoms in total. The minimum Gasteiger partial charge on any atom is -0.468 e. The molecule has 0 aliphatic heterocycles. The van der Waals surface area contributed by atoms with Gasteiger partial charge in [0, 0.05) is 17.3 Å². The van der Waals surface area contributed by atoms with Crippen LogP contribution < -0.4 is 10.6 Å². The van der Waals surface area contributed by atoms with E-state index in [1.807, 2.05) is 43.0 Å². The zero-order valence-corrected chi connectivity index (χ0v) is 11.7. The first-order chi connectivity index (χ1) is 8.45. The number of nitrogens with zero attached hydrogens (tertiary/aromatic N) is 1. The number of hydrogen-bond acceptors (Lipinski definition) is 4. The molecule has 0 amide bonds. The lowest BCUT2D eigenvalue weighted by Crippen LogP contribution is -2.36. The first-order valence-electron chi connectivity index (χ1n) is 5.69. The van der Waals surface area contributed by atoms with Gasteiger partial charge in [0.2, 0.25) is 0 Å². The molecule has 0 spiro atoms. The Labute approximate surface area is 113 Å². The molecule has 1 rings (SSSR count). The molecule has 0 atom stereocenters. The maximum absolute atomic E-state index is 11.4. The topological polar surface area (TPSA) is 55.6 Å². The van der Waals surface area contributed by atoms with Gasteiger partial charge in [0.25, 0.3) is 0 Å². The summed E-state index contributed by atoms with van der Waals surface area (Å²) in [5, 5.41) is 0. The molecule has 0 unspecified atom stereocenters. The van der Waals surface area contributed by atoms with Gasteiger partial charge in [-0.2, -0.15) is 0 Å². The van der Waals surface area contributed by atoms with Crippen molar-refractivity contribution in [3.63, 3.8) is 0 Å². The molecule has 2 N–H and O–H groups in total. The fourth-order valence-electron chi connectivity index (χ4n) is 1.59. The van der Waals surface area contributed by atoms with Gasteiger partial charge in [0.1, 0.15) is 11.5 Å². The lowest BCUT2D eigenvalue weighted by molar-refractivity contribution is -0.139. The van der Waals surface area contributed by atoms with Crippen LogP contribution in [0.1, 0.15) is 19.4 Å². The van der Waals surface area contributed by atoms with Crippen molar-refractivity contribution >= 4 is 28.9 Å². The minimum absolute atomic E-state index is 0.194. The van der Waals surface area contributed by atoms with Gasteiger partial charge in [-0.05, 0) is 38.1 Å². The number of rotatable bonds is 5. The summed E-state index contributed by atoms with van der Waals surface area (Å²) in [7, 11) is 1.39. The third-order valence-corrected chi connectivity index (χ3v) is 2.87. The van der Waals surface area contributed by atoms with Crippen molar-refractivity contribution in [2.45, 2.75) is 19.9 Å². The molecular formula is C13H18N2O2S. The first kappa shape index (κ1) is 14.4. The fraction of sp³-hybridized carbons (Fsp3) is 0.385. The van der Waals surface area contributed by atoms with E-state index in [9.17, 15) is 4.79 Å². The molecule has 18 heavy (non-hydrogen) atoms. The molecule has 0 aromatic heterocycles. The Balaban J connectivity index is 2.92. The van der Waals surface area contributed by atoms with E-state index in [2.05, 4.69) is 0 Å². The molecule has 0 bridgehead atoms. The average molecular weight is 266 g/mol. The largest absolute Gasteiger partial charge is 0.468 e. The van der Waals surface area contributed by atoms with Gasteiger partial charge in [-0.25, -0.2) is 0 Å². The quantitative estimate of drug-likeness (QED) is 0.649. The molecule has 0 aliphatic carbocycles. The first-order valence-corrected chi connectivity index (χ1v) is 6.10. The Bertz CT molecular complexity index is 429. The lowest BCUT2D eigenvalue weighted by Gasteiger charge is -2.27. The summed E-state index contributed by atoms with van der Waals surface area (Å²) in [4.78, 5) is 13.7. The van der Waals surface area contributed by atoms with Crippen LogP contribution in [0.2, 0.25) is 0 Å². The minimum atomic E-state index is -0.262. The van der Waals surface area contributed by atoms with Gasteiger partial charge >= 0.3 is 5.97 Å². The average Bonchev–Trinajstić information content (AvgIpc) is 2.35. The fourth-order valence-corrected chi connectivity index (χ4v) is 1.73. The smallest absolute Gasteiger partial charge is 0.325 e. The number of ether oxygens (including phenoxy) is 1. The number of hydrogen-bond donors (Lipinski definition) is 1. The van der Waals surface area contributed by atoms with Crippen LogP contribution in [-0.2, 0) is 9.53 Å². The van der Waals surface area contributed by atoms with E-state index >= 15 is 0 Å². The second kappa shape index (κ2) is 6.35. The Kier molecular flexibility index (Phi) is 5.09. The second-order valence-electron chi connectivity index (χ2n) is 4.21. The van der Waals surface area contributed by atoms with E-state index in [1.54, 1.807) is 0 Å². The molecule has 0 saturated carbocycles. The number of benzene rings is 1. The predicted molar refractivity (Wildman–Crippen MR) is 76.8 cm³/mol. The molecule has 0 saturated heterocycles. The zero-order chi connectivity index (χ0) is 13.7. The molecule has 0 aliphatic rings. The van der Waals surface area contributed by atoms with E-state index in [-0.39, 0.29) is 18.6 Å². The Morgan fingerprint density at radius 3 is 2.33 bits per heavy atom. The zero-order valence-electron chi connectivity index (χ0n) is 10.8. The Morgan fingerprint density at radius 2 is 1.94 bits per heavy atom. The molecule has 0 radical (unpaired) electrons. The van der Waals surface area contributed by atoms with E-state index in [0.29, 0.717) is 4.99 Å². The van der Waals surface area contributed by atoms with Crippen molar-refractivity contribution in [2.24, 2.45) is 5.73 Å². The maximum Gasteiger partial charge on any atom is 0.325 e. The number of thiocarbonyl (C=S) groups is 1. The summed E-state index contributed by atoms with van der Waals surface area (Å²) in [6.07, 6.45) is 0. The predicted octanol–water partition coefficient (Wildman–Crippen LogP) is 1.71. The van der Waals surface area contributed by atoms with Crippen LogP contribution in [0.25, 0.3) is 0 Å². The van der Waals surface area contributed by atoms with Gasteiger partial charge in [0.15, 0.2) is 0 Å². The van der Waals surface area contributed by atoms with Crippen LogP contribution in [0.4, 0.5) is 5.69 Å². The van der Waals surface area contributed by atoms with Gasteiger partial charge in [-0.1, -0.05) is 12.2 Å². The van der Waals surface area contributed by atoms with Gasteiger partial charge < -0.3 is 15.4 Å². The molecule has 1 aromatic carbocycles. The molecular weight excluding hydrogens is 248 g/mol. The monoisotopic (exact) mass is 266 g/mol. The highest BCUT2D eigenvalue weighted by atomic mass is 32.1. The van der Waals surface area contributed by atoms with Crippen molar-refractivity contribution in [1.82, 2.24) is 0 Å². The molecule has 0 fully saturated rings. The summed E-state index contributed by atoms with van der Waals surface area (Å²) < 4.78 is 4.69. The Hall–Kier alpha value is -1.62. The van der Waals surface area contributed by atoms with E-state index in [1.165, 1.54) is 7.11 Å². The number of anilines is 1. The van der Waals surface area contributed by atoms with Gasteiger partial charge in [0.05, 0.1) is 7.11 Å². The SMILES string of the molecule is COC(=O)CN(c1ccc(C(N)=S)cc1)C(C)C. The van der Waals surface area contributed by atoms with E-state index < -0.39 is 0 Å². The van der Waals surface area contributed by atoms with E-state index in [0.717, 1.165) is 11.3 Å². The summed E-state index contributed by atoms with van der Waals surface area (Å²) >= 11 is 4.90. The van der Waals surface area contributed by atoms with E-state index in [4.69, 9.17) is 22.7 Å². The highest BCUT2D eigenvalue weighted by Gasteiger charge is 2.15. The highest BCUT2D eigenvalue weighted by Crippen LogP contribution is 2.18. The molecule has 0 heterocycles. The summed E-state index contributed by atoms with van der Waals surface area (Å²) in [6.45, 7) is 4.26. The summed E-state index contributed by atoms with van der Waals surface area (Å²) in [5.41, 5.74) is 7.30. The van der Waals surface area contributed by atoms with Crippen LogP contribution >= 0.6 is 12.2 Å². The molecule has 5 heteroatoms. The number of methoxy groups -OCH3 is 1. The third kappa shape index (κ3) is 3.70. The summed E-state index contributed by atoms with van der Waals surface area (Å²) in [5.74, 6) is -0.262. The third-order valence-electron chi connectivity index (χ3n) is 2.63. The van der Waals surface area contributed by atoms with Crippen molar-refractivity contribution in [1.29, 1.82) is 0 Å². The van der Waals surface area contributed by atoms with Crippen molar-refractivity contribution in [2.75, 3.05) is 18.6 Å². The standard InChI is InChI=1S/C13H18N2O2S/c1-9(2)15(8-12(16)17-3)11-6-4-10(5-7-11)13(14)18/h4-7,9H,8H2,1-3H3,(H2,14,18). The van der Waals surface area contributed by atoms with Crippen LogP contribution in [0.5, 0.6) is 0 Å². The van der Waals surface area contributed by atoms with Crippen molar-refractivity contribution in [3.8, 4) is 0 Å². The van der Waals surface area contributed by atoms with Crippen LogP contribution in [0.15, 0.2) is 24.3 Å². The normalized spacial score (nSPS) is 10.2. The van der Waals surface area contributed by atoms with Gasteiger partial charge in [-0.15, -0.1) is 0 Å². The molecule has 1 aromatic rings. The molecule has 98 valence electrons. The van der Waals surface area contributed by atoms with Crippen LogP contribution in [-0.4, -0.2) is 30.7 Å². The highest BCUT2D eigenvalue weighted by molar-refractivity contribution is 7.80. The second-order valence-corrected chi connectivity index (χ2v) is 4.65. The number of esters is 1.